The van der Waals surface area contributed by atoms with Gasteiger partial charge in [-0.15, -0.1) is 0 Å². The largest absolute Gasteiger partial charge is 0.348 e. The molecule has 2 N–H and O–H groups in total. The van der Waals surface area contributed by atoms with Gasteiger partial charge >= 0.3 is 0 Å². The number of aromatic nitrogens is 5. The molecule has 0 fully saturated rings. The number of benzene rings is 1. The minimum absolute atomic E-state index is 0.0130. The van der Waals surface area contributed by atoms with Crippen LogP contribution in [0.5, 0.6) is 0 Å². The molecule has 1 atom stereocenters. The van der Waals surface area contributed by atoms with Crippen molar-refractivity contribution < 1.29 is 0 Å². The summed E-state index contributed by atoms with van der Waals surface area (Å²) in [5, 5.41) is 1.05. The first-order chi connectivity index (χ1) is 13.2. The van der Waals surface area contributed by atoms with Gasteiger partial charge in [-0.1, -0.05) is 18.2 Å². The maximum atomic E-state index is 13.2. The lowest BCUT2D eigenvalue weighted by Gasteiger charge is -2.34. The maximum absolute atomic E-state index is 13.2. The van der Waals surface area contributed by atoms with Crippen LogP contribution in [0.4, 0.5) is 0 Å². The molecule has 27 heavy (non-hydrogen) atoms. The molecule has 0 amide bonds. The zero-order valence-corrected chi connectivity index (χ0v) is 15.0. The van der Waals surface area contributed by atoms with Gasteiger partial charge in [0.05, 0.1) is 30.1 Å². The third-order valence-electron chi connectivity index (χ3n) is 5.39. The molecule has 0 aliphatic carbocycles. The Balaban J connectivity index is 1.69. The molecule has 0 saturated heterocycles. The van der Waals surface area contributed by atoms with E-state index in [9.17, 15) is 4.79 Å². The predicted molar refractivity (Wildman–Crippen MR) is 102 cm³/mol. The number of rotatable bonds is 3. The molecule has 3 aromatic heterocycles. The third kappa shape index (κ3) is 2.59. The molecule has 1 aliphatic heterocycles. The van der Waals surface area contributed by atoms with Gasteiger partial charge in [0.15, 0.2) is 0 Å². The van der Waals surface area contributed by atoms with Gasteiger partial charge in [0.2, 0.25) is 0 Å². The third-order valence-corrected chi connectivity index (χ3v) is 5.39. The van der Waals surface area contributed by atoms with Crippen molar-refractivity contribution in [2.75, 3.05) is 6.54 Å². The molecule has 1 aliphatic rings. The van der Waals surface area contributed by atoms with E-state index in [-0.39, 0.29) is 11.6 Å². The molecule has 7 nitrogen and oxygen atoms in total. The zero-order valence-electron chi connectivity index (χ0n) is 15.0. The number of aromatic amines is 2. The van der Waals surface area contributed by atoms with E-state index in [2.05, 4.69) is 24.8 Å². The highest BCUT2D eigenvalue weighted by molar-refractivity contribution is 5.79. The van der Waals surface area contributed by atoms with Gasteiger partial charge in [-0.05, 0) is 17.5 Å². The van der Waals surface area contributed by atoms with Crippen molar-refractivity contribution in [1.82, 2.24) is 29.4 Å². The van der Waals surface area contributed by atoms with Gasteiger partial charge in [0, 0.05) is 43.7 Å². The Bertz CT molecular complexity index is 1160. The van der Waals surface area contributed by atoms with E-state index in [4.69, 9.17) is 0 Å². The Kier molecular flexibility index (Phi) is 3.68. The van der Waals surface area contributed by atoms with Crippen LogP contribution in [0, 0.1) is 0 Å². The van der Waals surface area contributed by atoms with E-state index >= 15 is 0 Å². The number of fused-ring (bicyclic) bond motifs is 2. The van der Waals surface area contributed by atoms with Gasteiger partial charge in [0.1, 0.15) is 5.82 Å². The summed E-state index contributed by atoms with van der Waals surface area (Å²) in [6, 6.07) is 9.79. The Morgan fingerprint density at radius 2 is 2.11 bits per heavy atom. The van der Waals surface area contributed by atoms with Gasteiger partial charge < -0.3 is 14.5 Å². The number of nitrogens with one attached hydrogen (secondary N) is 2. The average molecular weight is 360 g/mol. The summed E-state index contributed by atoms with van der Waals surface area (Å²) in [4.78, 5) is 30.8. The van der Waals surface area contributed by atoms with E-state index in [1.54, 1.807) is 17.1 Å². The molecule has 7 heteroatoms. The van der Waals surface area contributed by atoms with Gasteiger partial charge in [0.25, 0.3) is 5.56 Å². The van der Waals surface area contributed by atoms with Crippen molar-refractivity contribution in [3.05, 3.63) is 82.2 Å². The molecule has 0 radical (unpaired) electrons. The van der Waals surface area contributed by atoms with Gasteiger partial charge in [-0.25, -0.2) is 9.97 Å². The minimum atomic E-state index is -0.201. The number of H-pyrrole nitrogens is 2. The molecular weight excluding hydrogens is 340 g/mol. The molecular formula is C20H20N6O. The molecule has 1 unspecified atom stereocenters. The van der Waals surface area contributed by atoms with Crippen molar-refractivity contribution in [1.29, 1.82) is 0 Å². The monoisotopic (exact) mass is 360 g/mol. The molecule has 4 aromatic rings. The van der Waals surface area contributed by atoms with Crippen LogP contribution in [0.2, 0.25) is 0 Å². The number of para-hydroxylation sites is 1. The van der Waals surface area contributed by atoms with Crippen LogP contribution in [0.1, 0.15) is 28.8 Å². The summed E-state index contributed by atoms with van der Waals surface area (Å²) in [5.74, 6) is 0.886. The number of pyridine rings is 1. The summed E-state index contributed by atoms with van der Waals surface area (Å²) in [5.41, 5.74) is 3.72. The van der Waals surface area contributed by atoms with Crippen molar-refractivity contribution in [3.8, 4) is 0 Å². The van der Waals surface area contributed by atoms with Crippen LogP contribution in [-0.4, -0.2) is 35.9 Å². The Hall–Kier alpha value is -3.19. The average Bonchev–Trinajstić information content (AvgIpc) is 3.36. The molecule has 0 saturated carbocycles. The highest BCUT2D eigenvalue weighted by atomic mass is 16.1. The number of imidazole rings is 2. The first-order valence-corrected chi connectivity index (χ1v) is 9.05. The molecule has 1 aromatic carbocycles. The summed E-state index contributed by atoms with van der Waals surface area (Å²) in [6.07, 6.45) is 6.17. The maximum Gasteiger partial charge on any atom is 0.255 e. The highest BCUT2D eigenvalue weighted by Gasteiger charge is 2.33. The predicted octanol–water partition coefficient (Wildman–Crippen LogP) is 2.13. The van der Waals surface area contributed by atoms with E-state index in [1.807, 2.05) is 43.6 Å². The highest BCUT2D eigenvalue weighted by Crippen LogP contribution is 2.33. The lowest BCUT2D eigenvalue weighted by atomic mass is 9.95. The lowest BCUT2D eigenvalue weighted by molar-refractivity contribution is 0.194. The van der Waals surface area contributed by atoms with Gasteiger partial charge in [-0.3, -0.25) is 9.69 Å². The molecule has 5 rings (SSSR count). The van der Waals surface area contributed by atoms with Crippen LogP contribution >= 0.6 is 0 Å². The van der Waals surface area contributed by atoms with Crippen molar-refractivity contribution in [3.63, 3.8) is 0 Å². The smallest absolute Gasteiger partial charge is 0.255 e. The quantitative estimate of drug-likeness (QED) is 0.586. The molecule has 0 bridgehead atoms. The fourth-order valence-corrected chi connectivity index (χ4v) is 4.06. The molecule has 4 heterocycles. The van der Waals surface area contributed by atoms with Crippen LogP contribution in [0.25, 0.3) is 10.9 Å². The van der Waals surface area contributed by atoms with Crippen LogP contribution in [-0.2, 0) is 20.0 Å². The molecule has 136 valence electrons. The fourth-order valence-electron chi connectivity index (χ4n) is 4.06. The topological polar surface area (TPSA) is 82.6 Å². The van der Waals surface area contributed by atoms with Crippen LogP contribution < -0.4 is 5.56 Å². The Labute approximate surface area is 155 Å². The second-order valence-corrected chi connectivity index (χ2v) is 6.95. The van der Waals surface area contributed by atoms with E-state index < -0.39 is 0 Å². The van der Waals surface area contributed by atoms with Gasteiger partial charge in [-0.2, -0.15) is 0 Å². The normalized spacial score (nSPS) is 17.3. The van der Waals surface area contributed by atoms with Crippen molar-refractivity contribution in [2.45, 2.75) is 19.0 Å². The second-order valence-electron chi connectivity index (χ2n) is 6.95. The molecule has 0 spiro atoms. The standard InChI is InChI=1S/C20H20N6O/c1-25-16-5-3-2-4-13(16)10-14(20(25)27)19-18-15(23-12-24-18)6-9-26(19)11-17-21-7-8-22-17/h2-5,7-8,10,12,19H,6,9,11H2,1H3,(H,21,22)(H,23,24). The number of hydrogen-bond acceptors (Lipinski definition) is 4. The van der Waals surface area contributed by atoms with Crippen molar-refractivity contribution in [2.24, 2.45) is 7.05 Å². The first kappa shape index (κ1) is 16.0. The fraction of sp³-hybridized carbons (Fsp3) is 0.250. The second kappa shape index (κ2) is 6.21. The van der Waals surface area contributed by atoms with Crippen LogP contribution in [0.3, 0.4) is 0 Å². The number of aryl methyl sites for hydroxylation is 1. The van der Waals surface area contributed by atoms with E-state index in [0.29, 0.717) is 6.54 Å². The first-order valence-electron chi connectivity index (χ1n) is 9.05. The van der Waals surface area contributed by atoms with Crippen molar-refractivity contribution >= 4 is 10.9 Å². The lowest BCUT2D eigenvalue weighted by Crippen LogP contribution is -2.39. The van der Waals surface area contributed by atoms with E-state index in [0.717, 1.165) is 46.6 Å². The minimum Gasteiger partial charge on any atom is -0.348 e. The zero-order chi connectivity index (χ0) is 18.4. The summed E-state index contributed by atoms with van der Waals surface area (Å²) in [7, 11) is 1.83. The SMILES string of the molecule is Cn1c(=O)c(C2c3nc[nH]c3CCN2Cc2ncc[nH]2)cc2ccccc21. The van der Waals surface area contributed by atoms with E-state index in [1.165, 1.54) is 0 Å². The summed E-state index contributed by atoms with van der Waals surface area (Å²) >= 11 is 0. The summed E-state index contributed by atoms with van der Waals surface area (Å²) in [6.45, 7) is 1.47. The number of nitrogens with zero attached hydrogens (tertiary/aromatic N) is 4. The summed E-state index contributed by atoms with van der Waals surface area (Å²) < 4.78 is 1.73. The number of hydrogen-bond donors (Lipinski definition) is 2. The Morgan fingerprint density at radius 1 is 1.22 bits per heavy atom. The van der Waals surface area contributed by atoms with Crippen LogP contribution in [0.15, 0.2) is 53.8 Å². The Morgan fingerprint density at radius 3 is 2.96 bits per heavy atom.